The van der Waals surface area contributed by atoms with Gasteiger partial charge in [-0.3, -0.25) is 4.79 Å². The van der Waals surface area contributed by atoms with Crippen LogP contribution in [-0.2, 0) is 0 Å². The maximum Gasteiger partial charge on any atom is 0.188 e. The van der Waals surface area contributed by atoms with Crippen molar-refractivity contribution in [3.63, 3.8) is 0 Å². The minimum absolute atomic E-state index is 0.00724. The average Bonchev–Trinajstić information content (AvgIpc) is 2.78. The topological polar surface area (TPSA) is 38.8 Å². The summed E-state index contributed by atoms with van der Waals surface area (Å²) in [5, 5.41) is 0. The van der Waals surface area contributed by atoms with Crippen molar-refractivity contribution in [3.05, 3.63) is 89.2 Å². The van der Waals surface area contributed by atoms with E-state index in [2.05, 4.69) is 19.1 Å². The van der Waals surface area contributed by atoms with Gasteiger partial charge in [0.1, 0.15) is 23.9 Å². The van der Waals surface area contributed by atoms with Gasteiger partial charge in [-0.15, -0.1) is 0 Å². The van der Waals surface area contributed by atoms with E-state index in [0.717, 1.165) is 28.8 Å². The van der Waals surface area contributed by atoms with Gasteiger partial charge in [0.05, 0.1) is 12.7 Å². The number of carbonyl (C=O) groups excluding carboxylic acids is 1. The summed E-state index contributed by atoms with van der Waals surface area (Å²) >= 11 is 0. The van der Waals surface area contributed by atoms with Gasteiger partial charge < -0.3 is 14.4 Å². The summed E-state index contributed by atoms with van der Waals surface area (Å²) in [6.45, 7) is 3.33. The van der Waals surface area contributed by atoms with Crippen molar-refractivity contribution in [2.24, 2.45) is 0 Å². The van der Waals surface area contributed by atoms with Crippen molar-refractivity contribution in [2.45, 2.75) is 6.92 Å². The SMILES string of the molecule is COc1ccc(C(=O)C=Cc2cc(-c3ccccc3C)ccc2OCCN(C)C)c(F)c1. The zero-order valence-electron chi connectivity index (χ0n) is 18.9. The molecule has 0 bridgehead atoms. The Morgan fingerprint density at radius 1 is 1.06 bits per heavy atom. The molecule has 0 aliphatic carbocycles. The first kappa shape index (κ1) is 23.2. The number of allylic oxidation sites excluding steroid dienone is 1. The number of likely N-dealkylation sites (N-methyl/N-ethyl adjacent to an activating group) is 1. The lowest BCUT2D eigenvalue weighted by Crippen LogP contribution is -2.19. The highest BCUT2D eigenvalue weighted by Crippen LogP contribution is 2.30. The van der Waals surface area contributed by atoms with Crippen molar-refractivity contribution in [2.75, 3.05) is 34.4 Å². The van der Waals surface area contributed by atoms with Crippen LogP contribution in [0.15, 0.2) is 66.7 Å². The number of hydrogen-bond acceptors (Lipinski definition) is 4. The summed E-state index contributed by atoms with van der Waals surface area (Å²) in [5.41, 5.74) is 4.03. The van der Waals surface area contributed by atoms with Crippen molar-refractivity contribution in [1.29, 1.82) is 0 Å². The van der Waals surface area contributed by atoms with Crippen LogP contribution in [-0.4, -0.2) is 45.0 Å². The third-order valence-electron chi connectivity index (χ3n) is 5.12. The molecule has 0 aromatic heterocycles. The number of rotatable bonds is 9. The average molecular weight is 434 g/mol. The van der Waals surface area contributed by atoms with Crippen LogP contribution < -0.4 is 9.47 Å². The van der Waals surface area contributed by atoms with Gasteiger partial charge in [0, 0.05) is 18.2 Å². The second kappa shape index (κ2) is 10.7. The predicted molar refractivity (Wildman–Crippen MR) is 127 cm³/mol. The maximum atomic E-state index is 14.3. The molecule has 0 heterocycles. The Balaban J connectivity index is 1.93. The second-order valence-corrected chi connectivity index (χ2v) is 7.76. The first-order valence-corrected chi connectivity index (χ1v) is 10.4. The second-order valence-electron chi connectivity index (χ2n) is 7.76. The Hall–Kier alpha value is -3.44. The molecule has 0 aliphatic heterocycles. The maximum absolute atomic E-state index is 14.3. The number of methoxy groups -OCH3 is 1. The lowest BCUT2D eigenvalue weighted by atomic mass is 9.98. The predicted octanol–water partition coefficient (Wildman–Crippen LogP) is 5.65. The molecule has 166 valence electrons. The van der Waals surface area contributed by atoms with Gasteiger partial charge >= 0.3 is 0 Å². The highest BCUT2D eigenvalue weighted by molar-refractivity contribution is 6.07. The van der Waals surface area contributed by atoms with Gasteiger partial charge in [-0.25, -0.2) is 4.39 Å². The fraction of sp³-hybridized carbons (Fsp3) is 0.222. The van der Waals surface area contributed by atoms with E-state index in [1.165, 1.54) is 25.3 Å². The minimum atomic E-state index is -0.616. The molecule has 0 amide bonds. The number of benzene rings is 3. The summed E-state index contributed by atoms with van der Waals surface area (Å²) in [5.74, 6) is -0.00483. The third-order valence-corrected chi connectivity index (χ3v) is 5.12. The Bertz CT molecular complexity index is 1120. The number of aryl methyl sites for hydroxylation is 1. The summed E-state index contributed by atoms with van der Waals surface area (Å²) in [6.07, 6.45) is 3.05. The number of halogens is 1. The molecule has 0 aliphatic rings. The minimum Gasteiger partial charge on any atom is -0.497 e. The van der Waals surface area contributed by atoms with Gasteiger partial charge in [-0.2, -0.15) is 0 Å². The number of ether oxygens (including phenoxy) is 2. The van der Waals surface area contributed by atoms with Crippen LogP contribution in [0.1, 0.15) is 21.5 Å². The van der Waals surface area contributed by atoms with E-state index in [-0.39, 0.29) is 5.56 Å². The van der Waals surface area contributed by atoms with Crippen LogP contribution in [0.5, 0.6) is 11.5 Å². The van der Waals surface area contributed by atoms with Gasteiger partial charge in [-0.05, 0) is 74.1 Å². The van der Waals surface area contributed by atoms with Gasteiger partial charge in [-0.1, -0.05) is 30.3 Å². The summed E-state index contributed by atoms with van der Waals surface area (Å²) in [4.78, 5) is 14.7. The van der Waals surface area contributed by atoms with Crippen LogP contribution in [0.2, 0.25) is 0 Å². The summed E-state index contributed by atoms with van der Waals surface area (Å²) < 4.78 is 25.3. The van der Waals surface area contributed by atoms with E-state index < -0.39 is 11.6 Å². The molecule has 0 fully saturated rings. The molecule has 3 aromatic rings. The lowest BCUT2D eigenvalue weighted by Gasteiger charge is -2.14. The van der Waals surface area contributed by atoms with Crippen LogP contribution in [0, 0.1) is 12.7 Å². The van der Waals surface area contributed by atoms with Crippen LogP contribution in [0.3, 0.4) is 0 Å². The van der Waals surface area contributed by atoms with Gasteiger partial charge in [0.15, 0.2) is 5.78 Å². The quantitative estimate of drug-likeness (QED) is 0.323. The number of carbonyl (C=O) groups is 1. The Morgan fingerprint density at radius 3 is 2.53 bits per heavy atom. The molecule has 4 nitrogen and oxygen atoms in total. The van der Waals surface area contributed by atoms with E-state index in [9.17, 15) is 9.18 Å². The first-order chi connectivity index (χ1) is 15.4. The van der Waals surface area contributed by atoms with E-state index >= 15 is 0 Å². The zero-order valence-corrected chi connectivity index (χ0v) is 18.9. The van der Waals surface area contributed by atoms with E-state index in [0.29, 0.717) is 18.1 Å². The largest absolute Gasteiger partial charge is 0.497 e. The Morgan fingerprint density at radius 2 is 1.84 bits per heavy atom. The number of hydrogen-bond donors (Lipinski definition) is 0. The fourth-order valence-corrected chi connectivity index (χ4v) is 3.29. The number of ketones is 1. The van der Waals surface area contributed by atoms with Gasteiger partial charge in [0.25, 0.3) is 0 Å². The molecule has 5 heteroatoms. The van der Waals surface area contributed by atoms with Gasteiger partial charge in [0.2, 0.25) is 0 Å². The summed E-state index contributed by atoms with van der Waals surface area (Å²) in [6, 6.07) is 18.2. The zero-order chi connectivity index (χ0) is 23.1. The van der Waals surface area contributed by atoms with Crippen LogP contribution in [0.4, 0.5) is 4.39 Å². The standard InChI is InChI=1S/C27H28FNO3/c1-19-7-5-6-8-23(19)20-10-14-27(32-16-15-29(2)3)21(17-20)9-13-26(30)24-12-11-22(31-4)18-25(24)28/h5-14,17-18H,15-16H2,1-4H3. The van der Waals surface area contributed by atoms with E-state index in [1.807, 2.05) is 49.3 Å². The summed E-state index contributed by atoms with van der Waals surface area (Å²) in [7, 11) is 5.41. The van der Waals surface area contributed by atoms with Crippen molar-refractivity contribution >= 4 is 11.9 Å². The molecule has 0 unspecified atom stereocenters. The van der Waals surface area contributed by atoms with Crippen molar-refractivity contribution in [3.8, 4) is 22.6 Å². The highest BCUT2D eigenvalue weighted by atomic mass is 19.1. The van der Waals surface area contributed by atoms with Crippen LogP contribution in [0.25, 0.3) is 17.2 Å². The molecule has 3 aromatic carbocycles. The lowest BCUT2D eigenvalue weighted by molar-refractivity contribution is 0.104. The first-order valence-electron chi connectivity index (χ1n) is 10.4. The molecule has 0 atom stereocenters. The van der Waals surface area contributed by atoms with Crippen molar-refractivity contribution < 1.29 is 18.7 Å². The smallest absolute Gasteiger partial charge is 0.188 e. The molecule has 0 saturated heterocycles. The molecular formula is C27H28FNO3. The third kappa shape index (κ3) is 5.83. The Kier molecular flexibility index (Phi) is 7.79. The molecular weight excluding hydrogens is 405 g/mol. The number of nitrogens with zero attached hydrogens (tertiary/aromatic N) is 1. The molecule has 0 radical (unpaired) electrons. The molecule has 0 spiro atoms. The normalized spacial score (nSPS) is 11.2. The highest BCUT2D eigenvalue weighted by Gasteiger charge is 2.12. The van der Waals surface area contributed by atoms with E-state index in [1.54, 1.807) is 12.1 Å². The molecule has 32 heavy (non-hydrogen) atoms. The molecule has 0 saturated carbocycles. The fourth-order valence-electron chi connectivity index (χ4n) is 3.29. The Labute approximate surface area is 188 Å². The molecule has 3 rings (SSSR count). The molecule has 0 N–H and O–H groups in total. The monoisotopic (exact) mass is 433 g/mol. The van der Waals surface area contributed by atoms with Crippen molar-refractivity contribution in [1.82, 2.24) is 4.90 Å². The van der Waals surface area contributed by atoms with Crippen LogP contribution >= 0.6 is 0 Å². The van der Waals surface area contributed by atoms with E-state index in [4.69, 9.17) is 9.47 Å².